The molecule has 1 unspecified atom stereocenters. The van der Waals surface area contributed by atoms with E-state index in [1.54, 1.807) is 0 Å². The van der Waals surface area contributed by atoms with Crippen molar-refractivity contribution in [2.75, 3.05) is 0 Å². The lowest BCUT2D eigenvalue weighted by Gasteiger charge is -2.50. The van der Waals surface area contributed by atoms with Crippen LogP contribution in [-0.2, 0) is 16.6 Å². The van der Waals surface area contributed by atoms with E-state index in [0.29, 0.717) is 0 Å². The van der Waals surface area contributed by atoms with E-state index in [0.717, 1.165) is 29.9 Å². The average Bonchev–Trinajstić information content (AvgIpc) is 2.50. The third kappa shape index (κ3) is 2.14. The summed E-state index contributed by atoms with van der Waals surface area (Å²) in [6, 6.07) is 2.10. The molecule has 0 radical (unpaired) electrons. The van der Waals surface area contributed by atoms with Gasteiger partial charge in [0.1, 0.15) is 11.9 Å². The van der Waals surface area contributed by atoms with Gasteiger partial charge in [-0.05, 0) is 24.3 Å². The SMILES string of the molecule is CC(C)c1ncc2c(n1)[C@@]1(C)C=C(C#N)C(=O)C(C)(C)C1CC2. The molecule has 0 amide bonds. The molecule has 0 spiro atoms. The molecule has 4 heteroatoms. The van der Waals surface area contributed by atoms with E-state index in [1.807, 2.05) is 26.1 Å². The van der Waals surface area contributed by atoms with Crippen molar-refractivity contribution in [1.29, 1.82) is 5.26 Å². The summed E-state index contributed by atoms with van der Waals surface area (Å²) in [5, 5.41) is 9.42. The van der Waals surface area contributed by atoms with E-state index in [4.69, 9.17) is 4.98 Å². The summed E-state index contributed by atoms with van der Waals surface area (Å²) in [5.41, 5.74) is 1.48. The van der Waals surface area contributed by atoms with Gasteiger partial charge in [0.2, 0.25) is 0 Å². The predicted molar refractivity (Wildman–Crippen MR) is 87.8 cm³/mol. The average molecular weight is 309 g/mol. The topological polar surface area (TPSA) is 66.6 Å². The monoisotopic (exact) mass is 309 g/mol. The second kappa shape index (κ2) is 4.99. The van der Waals surface area contributed by atoms with Gasteiger partial charge in [-0.1, -0.05) is 40.7 Å². The van der Waals surface area contributed by atoms with Crippen molar-refractivity contribution in [3.05, 3.63) is 34.9 Å². The molecule has 3 rings (SSSR count). The molecule has 0 aliphatic heterocycles. The van der Waals surface area contributed by atoms with Crippen LogP contribution in [0.1, 0.15) is 64.0 Å². The molecule has 2 atom stereocenters. The van der Waals surface area contributed by atoms with Gasteiger partial charge in [0.05, 0.1) is 11.3 Å². The van der Waals surface area contributed by atoms with Crippen LogP contribution in [0.2, 0.25) is 0 Å². The minimum Gasteiger partial charge on any atom is -0.293 e. The third-order valence-electron chi connectivity index (χ3n) is 5.60. The molecule has 1 aromatic heterocycles. The summed E-state index contributed by atoms with van der Waals surface area (Å²) >= 11 is 0. The zero-order valence-electron chi connectivity index (χ0n) is 14.5. The predicted octanol–water partition coefficient (Wildman–Crippen LogP) is 3.48. The van der Waals surface area contributed by atoms with Crippen molar-refractivity contribution in [1.82, 2.24) is 9.97 Å². The lowest BCUT2D eigenvalue weighted by molar-refractivity contribution is -0.128. The lowest BCUT2D eigenvalue weighted by atomic mass is 9.52. The first kappa shape index (κ1) is 15.9. The minimum atomic E-state index is -0.546. The van der Waals surface area contributed by atoms with Crippen molar-refractivity contribution < 1.29 is 4.79 Å². The Kier molecular flexibility index (Phi) is 3.44. The number of ketones is 1. The standard InChI is InChI=1S/C19H23N3O/c1-11(2)17-21-10-12-6-7-14-18(3,4)16(23)13(9-20)8-19(14,5)15(12)22-17/h8,10-11,14H,6-7H2,1-5H3/t14?,19-/m0/s1. The van der Waals surface area contributed by atoms with Gasteiger partial charge < -0.3 is 0 Å². The van der Waals surface area contributed by atoms with Crippen LogP contribution < -0.4 is 0 Å². The molecule has 23 heavy (non-hydrogen) atoms. The first-order valence-electron chi connectivity index (χ1n) is 8.26. The minimum absolute atomic E-state index is 0.0379. The molecular formula is C19H23N3O. The summed E-state index contributed by atoms with van der Waals surface area (Å²) in [4.78, 5) is 22.0. The fourth-order valence-electron chi connectivity index (χ4n) is 4.35. The van der Waals surface area contributed by atoms with E-state index in [-0.39, 0.29) is 28.6 Å². The highest BCUT2D eigenvalue weighted by Gasteiger charge is 2.54. The molecule has 4 nitrogen and oxygen atoms in total. The Morgan fingerprint density at radius 1 is 1.35 bits per heavy atom. The van der Waals surface area contributed by atoms with Crippen LogP contribution in [0.4, 0.5) is 0 Å². The number of nitrogens with zero attached hydrogens (tertiary/aromatic N) is 3. The Labute approximate surface area is 137 Å². The van der Waals surface area contributed by atoms with Gasteiger partial charge in [0.15, 0.2) is 5.78 Å². The van der Waals surface area contributed by atoms with Crippen molar-refractivity contribution in [2.24, 2.45) is 11.3 Å². The Balaban J connectivity index is 2.26. The van der Waals surface area contributed by atoms with Gasteiger partial charge in [-0.15, -0.1) is 0 Å². The van der Waals surface area contributed by atoms with Gasteiger partial charge in [-0.3, -0.25) is 4.79 Å². The van der Waals surface area contributed by atoms with Crippen LogP contribution >= 0.6 is 0 Å². The van der Waals surface area contributed by atoms with Crippen molar-refractivity contribution in [3.8, 4) is 6.07 Å². The molecule has 2 aliphatic carbocycles. The van der Waals surface area contributed by atoms with Gasteiger partial charge in [-0.25, -0.2) is 9.97 Å². The van der Waals surface area contributed by atoms with Gasteiger partial charge in [0, 0.05) is 22.9 Å². The van der Waals surface area contributed by atoms with Gasteiger partial charge in [-0.2, -0.15) is 5.26 Å². The summed E-state index contributed by atoms with van der Waals surface area (Å²) in [6.45, 7) is 10.2. The number of aryl methyl sites for hydroxylation is 1. The number of hydrogen-bond donors (Lipinski definition) is 0. The van der Waals surface area contributed by atoms with Crippen LogP contribution in [0.3, 0.4) is 0 Å². The first-order valence-corrected chi connectivity index (χ1v) is 8.26. The number of allylic oxidation sites excluding steroid dienone is 2. The fraction of sp³-hybridized carbons (Fsp3) is 0.579. The number of hydrogen-bond acceptors (Lipinski definition) is 4. The molecule has 120 valence electrons. The molecule has 0 saturated carbocycles. The summed E-state index contributed by atoms with van der Waals surface area (Å²) in [5.74, 6) is 1.19. The van der Waals surface area contributed by atoms with Crippen LogP contribution in [-0.4, -0.2) is 15.8 Å². The zero-order chi connectivity index (χ0) is 17.0. The number of carbonyl (C=O) groups is 1. The Morgan fingerprint density at radius 3 is 2.65 bits per heavy atom. The normalized spacial score (nSPS) is 28.7. The molecule has 0 aromatic carbocycles. The highest BCUT2D eigenvalue weighted by Crippen LogP contribution is 2.53. The second-order valence-corrected chi connectivity index (χ2v) is 7.85. The van der Waals surface area contributed by atoms with Crippen LogP contribution in [0.15, 0.2) is 17.8 Å². The second-order valence-electron chi connectivity index (χ2n) is 7.85. The number of carbonyl (C=O) groups excluding carboxylic acids is 1. The summed E-state index contributed by atoms with van der Waals surface area (Å²) in [6.07, 6.45) is 5.60. The summed E-state index contributed by atoms with van der Waals surface area (Å²) < 4.78 is 0. The Bertz CT molecular complexity index is 754. The number of aromatic nitrogens is 2. The maximum atomic E-state index is 12.6. The molecule has 0 N–H and O–H groups in total. The molecule has 1 heterocycles. The number of nitriles is 1. The molecule has 0 saturated heterocycles. The first-order chi connectivity index (χ1) is 10.7. The Hall–Kier alpha value is -2.02. The summed E-state index contributed by atoms with van der Waals surface area (Å²) in [7, 11) is 0. The highest BCUT2D eigenvalue weighted by atomic mass is 16.1. The highest BCUT2D eigenvalue weighted by molar-refractivity contribution is 6.04. The fourth-order valence-corrected chi connectivity index (χ4v) is 4.35. The molecule has 0 fully saturated rings. The molecule has 0 bridgehead atoms. The molecule has 1 aromatic rings. The van der Waals surface area contributed by atoms with Crippen molar-refractivity contribution >= 4 is 5.78 Å². The van der Waals surface area contributed by atoms with Crippen LogP contribution in [0.25, 0.3) is 0 Å². The van der Waals surface area contributed by atoms with Gasteiger partial charge in [0.25, 0.3) is 0 Å². The third-order valence-corrected chi connectivity index (χ3v) is 5.60. The Morgan fingerprint density at radius 2 is 2.04 bits per heavy atom. The van der Waals surface area contributed by atoms with Crippen molar-refractivity contribution in [2.45, 2.75) is 58.8 Å². The molecule has 2 aliphatic rings. The van der Waals surface area contributed by atoms with E-state index in [9.17, 15) is 10.1 Å². The quantitative estimate of drug-likeness (QED) is 0.796. The van der Waals surface area contributed by atoms with E-state index in [1.165, 1.54) is 0 Å². The van der Waals surface area contributed by atoms with Crippen LogP contribution in [0, 0.1) is 22.7 Å². The number of rotatable bonds is 1. The van der Waals surface area contributed by atoms with E-state index in [2.05, 4.69) is 31.8 Å². The maximum Gasteiger partial charge on any atom is 0.178 e. The van der Waals surface area contributed by atoms with Gasteiger partial charge >= 0.3 is 0 Å². The zero-order valence-corrected chi connectivity index (χ0v) is 14.5. The smallest absolute Gasteiger partial charge is 0.178 e. The number of fused-ring (bicyclic) bond motifs is 3. The largest absolute Gasteiger partial charge is 0.293 e. The van der Waals surface area contributed by atoms with Crippen LogP contribution in [0.5, 0.6) is 0 Å². The molecular weight excluding hydrogens is 286 g/mol. The number of Topliss-reactive ketones (excluding diaryl/α,β-unsaturated/α-hetero) is 1. The van der Waals surface area contributed by atoms with E-state index < -0.39 is 5.41 Å². The lowest BCUT2D eigenvalue weighted by Crippen LogP contribution is -2.51. The van der Waals surface area contributed by atoms with E-state index >= 15 is 0 Å². The maximum absolute atomic E-state index is 12.6. The van der Waals surface area contributed by atoms with Crippen molar-refractivity contribution in [3.63, 3.8) is 0 Å².